The number of amides is 1. The molecule has 7 heterocycles. The van der Waals surface area contributed by atoms with E-state index >= 15 is 0 Å². The van der Waals surface area contributed by atoms with E-state index in [0.29, 0.717) is 107 Å². The van der Waals surface area contributed by atoms with E-state index in [1.54, 1.807) is 73.2 Å². The topological polar surface area (TPSA) is 263 Å². The normalized spacial score (nSPS) is 13.5. The van der Waals surface area contributed by atoms with Gasteiger partial charge in [-0.3, -0.25) is 14.4 Å². The number of nitrogens with one attached hydrogen (secondary N) is 5. The zero-order valence-electron chi connectivity index (χ0n) is 49.3. The fourth-order valence-electron chi connectivity index (χ4n) is 9.62. The van der Waals surface area contributed by atoms with E-state index in [0.717, 1.165) is 28.3 Å². The van der Waals surface area contributed by atoms with Crippen LogP contribution in [0.3, 0.4) is 0 Å². The van der Waals surface area contributed by atoms with Crippen LogP contribution in [0, 0.1) is 0 Å². The molecule has 0 bridgehead atoms. The average Bonchev–Trinajstić information content (AvgIpc) is 1.62. The Bertz CT molecular complexity index is 4620. The third kappa shape index (κ3) is 17.2. The van der Waals surface area contributed by atoms with Crippen molar-refractivity contribution in [3.8, 4) is 34.5 Å². The van der Waals surface area contributed by atoms with Crippen molar-refractivity contribution in [2.75, 3.05) is 19.0 Å². The van der Waals surface area contributed by atoms with Crippen molar-refractivity contribution in [3.05, 3.63) is 241 Å². The Morgan fingerprint density at radius 2 is 0.957 bits per heavy atom. The van der Waals surface area contributed by atoms with Crippen molar-refractivity contribution in [1.82, 2.24) is 50.2 Å². The summed E-state index contributed by atoms with van der Waals surface area (Å²) in [7, 11) is 1.31. The number of ketones is 2. The predicted molar refractivity (Wildman–Crippen MR) is 368 cm³/mol. The summed E-state index contributed by atoms with van der Waals surface area (Å²) in [5.41, 5.74) is 3.57. The lowest BCUT2D eigenvalue weighted by molar-refractivity contribution is -0.121. The zero-order valence-corrected chi connectivity index (χ0v) is 54.7. The zero-order chi connectivity index (χ0) is 65.5. The van der Waals surface area contributed by atoms with Crippen LogP contribution in [0.2, 0.25) is 25.4 Å². The Balaban J connectivity index is 0.000000160. The van der Waals surface area contributed by atoms with Crippen LogP contribution in [0.1, 0.15) is 76.3 Å². The van der Waals surface area contributed by atoms with Gasteiger partial charge in [-0.25, -0.2) is 34.7 Å². The number of hydrogen-bond acceptors (Lipinski definition) is 16. The summed E-state index contributed by atoms with van der Waals surface area (Å²) in [5.74, 6) is 3.18. The molecule has 94 heavy (non-hydrogen) atoms. The van der Waals surface area contributed by atoms with Crippen molar-refractivity contribution in [2.45, 2.75) is 52.3 Å². The molecule has 1 saturated heterocycles. The highest BCUT2D eigenvalue weighted by molar-refractivity contribution is 9.10. The van der Waals surface area contributed by atoms with Crippen molar-refractivity contribution in [2.24, 2.45) is 0 Å². The fourth-order valence-corrected chi connectivity index (χ4v) is 11.5. The van der Waals surface area contributed by atoms with Gasteiger partial charge in [0.25, 0.3) is 0 Å². The van der Waals surface area contributed by atoms with Gasteiger partial charge in [0.1, 0.15) is 86.5 Å². The van der Waals surface area contributed by atoms with Gasteiger partial charge in [0.15, 0.2) is 11.6 Å². The van der Waals surface area contributed by atoms with Gasteiger partial charge >= 0.3 is 5.97 Å². The molecular formula is C68H57BrCl5N11O9. The summed E-state index contributed by atoms with van der Waals surface area (Å²) in [4.78, 5) is 82.7. The molecule has 6 aromatic carbocycles. The first kappa shape index (κ1) is 68.9. The Hall–Kier alpha value is -9.45. The van der Waals surface area contributed by atoms with Gasteiger partial charge in [-0.15, -0.1) is 0 Å². The summed E-state index contributed by atoms with van der Waals surface area (Å²) in [6.07, 6.45) is 10.7. The van der Waals surface area contributed by atoms with Gasteiger partial charge in [-0.1, -0.05) is 120 Å². The molecule has 3 atom stereocenters. The molecule has 0 aliphatic carbocycles. The monoisotopic (exact) mass is 1430 g/mol. The van der Waals surface area contributed by atoms with Crippen molar-refractivity contribution >= 4 is 136 Å². The van der Waals surface area contributed by atoms with Crippen LogP contribution in [0.15, 0.2) is 188 Å². The number of fused-ring (bicyclic) bond motifs is 3. The summed E-state index contributed by atoms with van der Waals surface area (Å²) in [5, 5.41) is 9.73. The number of aromatic amines is 3. The number of carbonyl (C=O) groups excluding carboxylic acids is 4. The Labute approximate surface area is 572 Å². The smallest absolute Gasteiger partial charge is 0.339 e. The van der Waals surface area contributed by atoms with Crippen LogP contribution in [-0.2, 0) is 14.3 Å². The number of benzene rings is 6. The van der Waals surface area contributed by atoms with Crippen molar-refractivity contribution < 1.29 is 42.9 Å². The van der Waals surface area contributed by atoms with Crippen LogP contribution in [0.25, 0.3) is 33.1 Å². The maximum absolute atomic E-state index is 13.6. The van der Waals surface area contributed by atoms with Gasteiger partial charge < -0.3 is 49.3 Å². The second kappa shape index (κ2) is 32.4. The number of carbonyl (C=O) groups is 4. The average molecular weight is 1430 g/mol. The summed E-state index contributed by atoms with van der Waals surface area (Å²) >= 11 is 34.1. The number of anilines is 1. The van der Waals surface area contributed by atoms with Crippen LogP contribution in [-0.4, -0.2) is 100 Å². The van der Waals surface area contributed by atoms with Gasteiger partial charge in [-0.05, 0) is 108 Å². The number of rotatable bonds is 15. The first-order chi connectivity index (χ1) is 45.0. The Kier molecular flexibility index (Phi) is 23.8. The van der Waals surface area contributed by atoms with Gasteiger partial charge in [0.2, 0.25) is 5.91 Å². The van der Waals surface area contributed by atoms with Crippen LogP contribution >= 0.6 is 73.9 Å². The minimum atomic E-state index is -0.466. The number of H-pyrrole nitrogens is 3. The third-order valence-electron chi connectivity index (χ3n) is 14.1. The molecule has 13 rings (SSSR count). The first-order valence-corrected chi connectivity index (χ1v) is 31.0. The van der Waals surface area contributed by atoms with E-state index < -0.39 is 5.97 Å². The highest BCUT2D eigenvalue weighted by Crippen LogP contribution is 2.35. The minimum Gasteiger partial charge on any atom is -0.465 e. The lowest BCUT2D eigenvalue weighted by Crippen LogP contribution is -2.46. The van der Waals surface area contributed by atoms with Crippen LogP contribution in [0.4, 0.5) is 5.82 Å². The number of hydrogen-bond donors (Lipinski definition) is 5. The molecule has 20 nitrogen and oxygen atoms in total. The number of ether oxygens (including phenoxy) is 5. The molecule has 6 aromatic heterocycles. The molecule has 26 heteroatoms. The molecule has 0 spiro atoms. The van der Waals surface area contributed by atoms with Gasteiger partial charge in [-0.2, -0.15) is 0 Å². The molecule has 1 aliphatic rings. The largest absolute Gasteiger partial charge is 0.465 e. The van der Waals surface area contributed by atoms with Crippen LogP contribution < -0.4 is 24.8 Å². The standard InChI is InChI=1S/C28H28ClN5O4.C19H11Cl2N3O2.C14H11ClO3.C6H3BrClN3.CH4/c1-16(33-17(2)35)24-11-8-18(14-37-24)34-28-25-22(13-30-27(25)31-15-32-28)26(36)21-10-9-20(12-23(21)29)38-19-6-4-3-5-7-19;20-15-8-12(26-11-4-2-1-3-5-11)6-7-13(15)17(25)14-9-22-19-16(14)18(21)23-10-24-19;1-17-14(16)12-8-7-11(9-13(12)15)18-10-5-3-2-4-6-10;7-3-1-9-6-4(3)5(8)10-2-11-6;/h3-7,9-10,12-13,15-16,18,24H,8,11,14H2,1-2H3,(H,33,35)(H2,30,31,32,34);1-10H,(H,22,23,24);2-9H,1H3;1-2H,(H,9,10,11);1H4/t16?,18-,24+;;;;/m1..../s1. The summed E-state index contributed by atoms with van der Waals surface area (Å²) in [6.45, 7) is 3.89. The molecule has 1 aliphatic heterocycles. The first-order valence-electron chi connectivity index (χ1n) is 28.3. The van der Waals surface area contributed by atoms with Crippen molar-refractivity contribution in [1.29, 1.82) is 0 Å². The number of para-hydroxylation sites is 3. The van der Waals surface area contributed by atoms with Crippen molar-refractivity contribution in [3.63, 3.8) is 0 Å². The fraction of sp³-hybridized carbons (Fsp3) is 0.147. The van der Waals surface area contributed by atoms with Gasteiger partial charge in [0, 0.05) is 59.3 Å². The molecule has 12 aromatic rings. The SMILES string of the molecule is C.CC(=O)NC(C)[C@@H]1CC[C@@H](Nc2ncnc3[nH]cc(C(=O)c4ccc(Oc5ccccc5)cc4Cl)c23)CO1.COC(=O)c1ccc(Oc2ccccc2)cc1Cl.Clc1ncnc2[nH]cc(Br)c12.O=C(c1ccc(Oc2ccccc2)cc1Cl)c1c[nH]c2ncnc(Cl)c12. The second-order valence-electron chi connectivity index (χ2n) is 20.4. The number of methoxy groups -OCH3 is 1. The van der Waals surface area contributed by atoms with Gasteiger partial charge in [0.05, 0.1) is 79.8 Å². The lowest BCUT2D eigenvalue weighted by atomic mass is 9.99. The molecule has 1 fully saturated rings. The third-order valence-corrected chi connectivity index (χ3v) is 16.2. The maximum atomic E-state index is 13.6. The molecule has 5 N–H and O–H groups in total. The van der Waals surface area contributed by atoms with E-state index in [9.17, 15) is 19.2 Å². The highest BCUT2D eigenvalue weighted by Gasteiger charge is 2.29. The Morgan fingerprint density at radius 1 is 0.532 bits per heavy atom. The lowest BCUT2D eigenvalue weighted by Gasteiger charge is -2.33. The summed E-state index contributed by atoms with van der Waals surface area (Å²) < 4.78 is 28.7. The molecular weight excluding hydrogens is 1370 g/mol. The molecule has 0 radical (unpaired) electrons. The Morgan fingerprint density at radius 3 is 1.39 bits per heavy atom. The van der Waals surface area contributed by atoms with E-state index in [2.05, 4.69) is 76.2 Å². The number of nitrogens with zero attached hydrogens (tertiary/aromatic N) is 6. The molecule has 0 saturated carbocycles. The van der Waals surface area contributed by atoms with Crippen LogP contribution in [0.5, 0.6) is 34.5 Å². The predicted octanol–water partition coefficient (Wildman–Crippen LogP) is 17.3. The van der Waals surface area contributed by atoms with E-state index in [1.807, 2.05) is 97.9 Å². The van der Waals surface area contributed by atoms with E-state index in [1.165, 1.54) is 33.0 Å². The molecule has 480 valence electrons. The minimum absolute atomic E-state index is 0. The molecule has 1 unspecified atom stereocenters. The number of halogens is 6. The number of esters is 1. The van der Waals surface area contributed by atoms with E-state index in [4.69, 9.17) is 77.0 Å². The maximum Gasteiger partial charge on any atom is 0.339 e. The highest BCUT2D eigenvalue weighted by atomic mass is 79.9. The second-order valence-corrected chi connectivity index (χ2v) is 23.2. The molecule has 1 amide bonds. The quantitative estimate of drug-likeness (QED) is 0.0363. The number of aromatic nitrogens is 9. The van der Waals surface area contributed by atoms with E-state index in [-0.39, 0.29) is 58.3 Å². The summed E-state index contributed by atoms with van der Waals surface area (Å²) in [6, 6.07) is 42.7.